The first-order valence-electron chi connectivity index (χ1n) is 7.64. The molecule has 1 fully saturated rings. The fraction of sp³-hybridized carbons (Fsp3) is 0.353. The molecule has 3 rings (SSSR count). The molecule has 1 aliphatic rings. The average Bonchev–Trinajstić information content (AvgIpc) is 2.61. The van der Waals surface area contributed by atoms with Crippen LogP contribution in [-0.2, 0) is 16.0 Å². The summed E-state index contributed by atoms with van der Waals surface area (Å²) in [7, 11) is 0. The number of halogens is 1. The van der Waals surface area contributed by atoms with Crippen molar-refractivity contribution in [2.75, 3.05) is 19.7 Å². The van der Waals surface area contributed by atoms with Crippen molar-refractivity contribution >= 4 is 17.5 Å². The van der Waals surface area contributed by atoms with Crippen LogP contribution in [0.4, 0.5) is 0 Å². The van der Waals surface area contributed by atoms with E-state index in [1.165, 1.54) is 0 Å². The number of morpholine rings is 1. The number of rotatable bonds is 4. The first kappa shape index (κ1) is 15.9. The topological polar surface area (TPSA) is 55.3 Å². The Morgan fingerprint density at radius 1 is 1.26 bits per heavy atom. The molecule has 2 aromatic rings. The molecule has 23 heavy (non-hydrogen) atoms. The van der Waals surface area contributed by atoms with Gasteiger partial charge in [0.05, 0.1) is 13.2 Å². The first-order valence-corrected chi connectivity index (χ1v) is 8.01. The fourth-order valence-corrected chi connectivity index (χ4v) is 2.89. The highest BCUT2D eigenvalue weighted by Crippen LogP contribution is 2.28. The van der Waals surface area contributed by atoms with Gasteiger partial charge in [-0.25, -0.2) is 9.97 Å². The Hall–Kier alpha value is -1.98. The molecular formula is C17H18ClN3O2. The van der Waals surface area contributed by atoms with E-state index in [0.717, 1.165) is 5.56 Å². The summed E-state index contributed by atoms with van der Waals surface area (Å²) in [6.45, 7) is 1.65. The van der Waals surface area contributed by atoms with E-state index in [2.05, 4.69) is 9.97 Å². The number of carbonyl (C=O) groups excluding carboxylic acids is 1. The second kappa shape index (κ2) is 7.53. The van der Waals surface area contributed by atoms with Crippen LogP contribution in [-0.4, -0.2) is 40.5 Å². The normalized spacial score (nSPS) is 18.0. The quantitative estimate of drug-likeness (QED) is 0.864. The van der Waals surface area contributed by atoms with Crippen molar-refractivity contribution in [2.45, 2.75) is 18.9 Å². The fourth-order valence-electron chi connectivity index (χ4n) is 2.64. The summed E-state index contributed by atoms with van der Waals surface area (Å²) in [5, 5.41) is 0.671. The van der Waals surface area contributed by atoms with Crippen molar-refractivity contribution in [1.29, 1.82) is 0 Å². The van der Waals surface area contributed by atoms with Crippen LogP contribution in [0, 0.1) is 0 Å². The summed E-state index contributed by atoms with van der Waals surface area (Å²) < 4.78 is 5.78. The second-order valence-electron chi connectivity index (χ2n) is 5.39. The molecule has 5 nitrogen and oxygen atoms in total. The molecule has 1 atom stereocenters. The Kier molecular flexibility index (Phi) is 5.20. The lowest BCUT2D eigenvalue weighted by Crippen LogP contribution is -2.42. The van der Waals surface area contributed by atoms with Crippen molar-refractivity contribution in [3.05, 3.63) is 59.1 Å². The molecule has 6 heteroatoms. The van der Waals surface area contributed by atoms with Crippen molar-refractivity contribution in [3.8, 4) is 0 Å². The van der Waals surface area contributed by atoms with E-state index in [4.69, 9.17) is 16.3 Å². The van der Waals surface area contributed by atoms with Gasteiger partial charge < -0.3 is 9.64 Å². The van der Waals surface area contributed by atoms with E-state index in [0.29, 0.717) is 43.4 Å². The molecule has 120 valence electrons. The lowest BCUT2D eigenvalue weighted by atomic mass is 10.1. The van der Waals surface area contributed by atoms with E-state index in [9.17, 15) is 4.79 Å². The molecule has 1 amide bonds. The number of amides is 1. The molecule has 0 saturated carbocycles. The minimum absolute atomic E-state index is 0.0952. The van der Waals surface area contributed by atoms with Gasteiger partial charge in [-0.05, 0) is 12.1 Å². The van der Waals surface area contributed by atoms with Gasteiger partial charge in [-0.15, -0.1) is 0 Å². The highest BCUT2D eigenvalue weighted by Gasteiger charge is 2.26. The number of benzene rings is 1. The third-order valence-electron chi connectivity index (χ3n) is 3.85. The van der Waals surface area contributed by atoms with Crippen LogP contribution in [0.3, 0.4) is 0 Å². The number of aromatic nitrogens is 2. The zero-order valence-corrected chi connectivity index (χ0v) is 13.4. The minimum Gasteiger partial charge on any atom is -0.370 e. The summed E-state index contributed by atoms with van der Waals surface area (Å²) in [6, 6.07) is 9.36. The van der Waals surface area contributed by atoms with Crippen LogP contribution in [0.1, 0.15) is 23.9 Å². The van der Waals surface area contributed by atoms with Gasteiger partial charge in [0.1, 0.15) is 11.9 Å². The lowest BCUT2D eigenvalue weighted by Gasteiger charge is -2.33. The van der Waals surface area contributed by atoms with Crippen LogP contribution in [0.15, 0.2) is 42.7 Å². The summed E-state index contributed by atoms with van der Waals surface area (Å²) in [5.41, 5.74) is 0.929. The molecule has 0 bridgehead atoms. The Morgan fingerprint density at radius 3 is 2.83 bits per heavy atom. The number of nitrogens with zero attached hydrogens (tertiary/aromatic N) is 3. The summed E-state index contributed by atoms with van der Waals surface area (Å²) in [4.78, 5) is 22.5. The third kappa shape index (κ3) is 4.06. The third-order valence-corrected chi connectivity index (χ3v) is 4.20. The molecule has 1 aromatic heterocycles. The monoisotopic (exact) mass is 331 g/mol. The highest BCUT2D eigenvalue weighted by atomic mass is 35.5. The number of aryl methyl sites for hydroxylation is 1. The molecule has 1 aromatic carbocycles. The van der Waals surface area contributed by atoms with Gasteiger partial charge in [-0.3, -0.25) is 4.79 Å². The van der Waals surface area contributed by atoms with Gasteiger partial charge in [0.2, 0.25) is 5.91 Å². The largest absolute Gasteiger partial charge is 0.370 e. The summed E-state index contributed by atoms with van der Waals surface area (Å²) in [6.07, 6.45) is 4.16. The Morgan fingerprint density at radius 2 is 2.04 bits per heavy atom. The molecule has 0 radical (unpaired) electrons. The summed E-state index contributed by atoms with van der Waals surface area (Å²) in [5.74, 6) is 0.787. The van der Waals surface area contributed by atoms with Crippen molar-refractivity contribution in [1.82, 2.24) is 14.9 Å². The van der Waals surface area contributed by atoms with E-state index in [-0.39, 0.29) is 12.0 Å². The predicted octanol–water partition coefficient (Wildman–Crippen LogP) is 2.66. The maximum atomic E-state index is 12.4. The van der Waals surface area contributed by atoms with Gasteiger partial charge in [0, 0.05) is 42.4 Å². The molecule has 1 aliphatic heterocycles. The van der Waals surface area contributed by atoms with E-state index in [1.807, 2.05) is 29.2 Å². The second-order valence-corrected chi connectivity index (χ2v) is 5.79. The summed E-state index contributed by atoms with van der Waals surface area (Å²) >= 11 is 6.23. The number of hydrogen-bond acceptors (Lipinski definition) is 4. The van der Waals surface area contributed by atoms with Crippen molar-refractivity contribution in [2.24, 2.45) is 0 Å². The number of ether oxygens (including phenoxy) is 1. The molecule has 2 heterocycles. The predicted molar refractivity (Wildman–Crippen MR) is 87.1 cm³/mol. The lowest BCUT2D eigenvalue weighted by molar-refractivity contribution is -0.139. The smallest absolute Gasteiger partial charge is 0.223 e. The van der Waals surface area contributed by atoms with Crippen LogP contribution in [0.5, 0.6) is 0 Å². The van der Waals surface area contributed by atoms with Gasteiger partial charge in [-0.1, -0.05) is 29.8 Å². The Balaban J connectivity index is 1.60. The van der Waals surface area contributed by atoms with E-state index >= 15 is 0 Å². The van der Waals surface area contributed by atoms with Crippen LogP contribution < -0.4 is 0 Å². The molecule has 1 saturated heterocycles. The maximum Gasteiger partial charge on any atom is 0.223 e. The van der Waals surface area contributed by atoms with Crippen molar-refractivity contribution < 1.29 is 9.53 Å². The van der Waals surface area contributed by atoms with E-state index in [1.54, 1.807) is 18.5 Å². The Bertz CT molecular complexity index is 666. The zero-order chi connectivity index (χ0) is 16.1. The SMILES string of the molecule is O=C(CCc1ncccn1)N1CCOC(c2ccccc2Cl)C1. The molecule has 0 aliphatic carbocycles. The zero-order valence-electron chi connectivity index (χ0n) is 12.7. The highest BCUT2D eigenvalue weighted by molar-refractivity contribution is 6.31. The first-order chi connectivity index (χ1) is 11.2. The number of carbonyl (C=O) groups is 1. The number of hydrogen-bond donors (Lipinski definition) is 0. The molecule has 0 N–H and O–H groups in total. The van der Waals surface area contributed by atoms with Gasteiger partial charge in [0.25, 0.3) is 0 Å². The van der Waals surface area contributed by atoms with Gasteiger partial charge >= 0.3 is 0 Å². The van der Waals surface area contributed by atoms with Crippen LogP contribution in [0.2, 0.25) is 5.02 Å². The molecule has 0 spiro atoms. The van der Waals surface area contributed by atoms with Crippen LogP contribution >= 0.6 is 11.6 Å². The standard InChI is InChI=1S/C17H18ClN3O2/c18-14-5-2-1-4-13(14)15-12-21(10-11-23-15)17(22)7-6-16-19-8-3-9-20-16/h1-5,8-9,15H,6-7,10-12H2. The average molecular weight is 332 g/mol. The minimum atomic E-state index is -0.172. The molecule has 1 unspecified atom stereocenters. The van der Waals surface area contributed by atoms with Gasteiger partial charge in [-0.2, -0.15) is 0 Å². The van der Waals surface area contributed by atoms with E-state index < -0.39 is 0 Å². The maximum absolute atomic E-state index is 12.4. The molecular weight excluding hydrogens is 314 g/mol. The van der Waals surface area contributed by atoms with Crippen molar-refractivity contribution in [3.63, 3.8) is 0 Å². The van der Waals surface area contributed by atoms with Gasteiger partial charge in [0.15, 0.2) is 0 Å². The Labute approximate surface area is 140 Å². The van der Waals surface area contributed by atoms with Crippen LogP contribution in [0.25, 0.3) is 0 Å².